The normalized spacial score (nSPS) is 18.5. The highest BCUT2D eigenvalue weighted by molar-refractivity contribution is 5.92. The Morgan fingerprint density at radius 1 is 1.57 bits per heavy atom. The summed E-state index contributed by atoms with van der Waals surface area (Å²) in [4.78, 5) is 22.0. The maximum absolute atomic E-state index is 11.0. The van der Waals surface area contributed by atoms with E-state index in [2.05, 4.69) is 10.1 Å². The van der Waals surface area contributed by atoms with E-state index in [1.807, 2.05) is 0 Å². The number of hydrogen-bond donors (Lipinski definition) is 1. The Morgan fingerprint density at radius 3 is 2.64 bits per heavy atom. The molecule has 1 aliphatic heterocycles. The van der Waals surface area contributed by atoms with E-state index in [-0.39, 0.29) is 18.3 Å². The minimum Gasteiger partial charge on any atom is -0.434 e. The van der Waals surface area contributed by atoms with Crippen molar-refractivity contribution in [3.8, 4) is 0 Å². The molecule has 14 heavy (non-hydrogen) atoms. The average molecular weight is 199 g/mol. The summed E-state index contributed by atoms with van der Waals surface area (Å²) in [5.41, 5.74) is -0.649. The molecule has 1 aliphatic rings. The summed E-state index contributed by atoms with van der Waals surface area (Å²) in [5, 5.41) is 2.63. The van der Waals surface area contributed by atoms with Crippen LogP contribution in [0, 0.1) is 0 Å². The highest BCUT2D eigenvalue weighted by atomic mass is 16.7. The molecule has 0 saturated heterocycles. The predicted molar refractivity (Wildman–Crippen MR) is 48.4 cm³/mol. The van der Waals surface area contributed by atoms with Crippen LogP contribution in [0.3, 0.4) is 0 Å². The van der Waals surface area contributed by atoms with Gasteiger partial charge in [-0.2, -0.15) is 0 Å². The molecule has 0 aromatic heterocycles. The molecule has 0 aliphatic carbocycles. The molecule has 0 atom stereocenters. The number of carbonyl (C=O) groups excluding carboxylic acids is 2. The van der Waals surface area contributed by atoms with Crippen molar-refractivity contribution < 1.29 is 19.1 Å². The number of ether oxygens (including phenoxy) is 2. The number of rotatable bonds is 2. The molecule has 0 saturated carbocycles. The van der Waals surface area contributed by atoms with Gasteiger partial charge in [-0.15, -0.1) is 0 Å². The third kappa shape index (κ3) is 2.25. The van der Waals surface area contributed by atoms with Crippen molar-refractivity contribution in [2.24, 2.45) is 0 Å². The van der Waals surface area contributed by atoms with Crippen LogP contribution in [-0.4, -0.2) is 24.2 Å². The molecule has 0 bridgehead atoms. The summed E-state index contributed by atoms with van der Waals surface area (Å²) in [6.45, 7) is 5.40. The molecule has 0 aromatic rings. The Balaban J connectivity index is 2.64. The lowest BCUT2D eigenvalue weighted by Gasteiger charge is -2.21. The molecule has 5 heteroatoms. The molecule has 0 fully saturated rings. The van der Waals surface area contributed by atoms with Crippen molar-refractivity contribution in [2.75, 3.05) is 6.61 Å². The molecule has 1 N–H and O–H groups in total. The van der Waals surface area contributed by atoms with Gasteiger partial charge < -0.3 is 14.8 Å². The van der Waals surface area contributed by atoms with Crippen molar-refractivity contribution in [2.45, 2.75) is 26.3 Å². The minimum absolute atomic E-state index is 0.244. The van der Waals surface area contributed by atoms with E-state index < -0.39 is 11.7 Å². The molecule has 0 aromatic carbocycles. The highest BCUT2D eigenvalue weighted by Gasteiger charge is 2.34. The van der Waals surface area contributed by atoms with Crippen molar-refractivity contribution in [1.29, 1.82) is 0 Å². The van der Waals surface area contributed by atoms with Crippen LogP contribution in [0.4, 0.5) is 4.79 Å². The van der Waals surface area contributed by atoms with Gasteiger partial charge >= 0.3 is 6.16 Å². The lowest BCUT2D eigenvalue weighted by molar-refractivity contribution is -0.116. The third-order valence-corrected chi connectivity index (χ3v) is 1.77. The summed E-state index contributed by atoms with van der Waals surface area (Å²) < 4.78 is 9.45. The summed E-state index contributed by atoms with van der Waals surface area (Å²) in [6.07, 6.45) is 0.458. The van der Waals surface area contributed by atoms with E-state index >= 15 is 0 Å². The molecule has 0 spiro atoms. The molecule has 1 rings (SSSR count). The summed E-state index contributed by atoms with van der Waals surface area (Å²) >= 11 is 0. The van der Waals surface area contributed by atoms with E-state index in [1.54, 1.807) is 20.8 Å². The zero-order valence-corrected chi connectivity index (χ0v) is 8.42. The number of nitrogens with one attached hydrogen (secondary N) is 1. The Kier molecular flexibility index (Phi) is 2.78. The quantitative estimate of drug-likeness (QED) is 0.672. The van der Waals surface area contributed by atoms with Gasteiger partial charge in [0.05, 0.1) is 12.1 Å². The smallest absolute Gasteiger partial charge is 0.434 e. The van der Waals surface area contributed by atoms with Crippen LogP contribution in [-0.2, 0) is 14.3 Å². The lowest BCUT2D eigenvalue weighted by atomic mass is 10.1. The maximum atomic E-state index is 11.0. The second-order valence-corrected chi connectivity index (χ2v) is 3.41. The Morgan fingerprint density at radius 2 is 2.21 bits per heavy atom. The van der Waals surface area contributed by atoms with Gasteiger partial charge in [0.2, 0.25) is 5.91 Å². The van der Waals surface area contributed by atoms with Gasteiger partial charge in [0.1, 0.15) is 5.76 Å². The average Bonchev–Trinajstić information content (AvgIpc) is 2.25. The van der Waals surface area contributed by atoms with Crippen LogP contribution < -0.4 is 5.32 Å². The zero-order valence-electron chi connectivity index (χ0n) is 8.42. The highest BCUT2D eigenvalue weighted by Crippen LogP contribution is 2.22. The first kappa shape index (κ1) is 10.6. The second kappa shape index (κ2) is 3.69. The molecule has 0 unspecified atom stereocenters. The lowest BCUT2D eigenvalue weighted by Crippen LogP contribution is -2.39. The van der Waals surface area contributed by atoms with Crippen molar-refractivity contribution in [3.63, 3.8) is 0 Å². The SMILES string of the molecule is CCOC(=O)OC1=CC(=O)NC1(C)C. The molecular formula is C9H13NO4. The van der Waals surface area contributed by atoms with Crippen LogP contribution >= 0.6 is 0 Å². The summed E-state index contributed by atoms with van der Waals surface area (Å²) in [5.74, 6) is 0.00949. The van der Waals surface area contributed by atoms with Gasteiger partial charge in [-0.3, -0.25) is 4.79 Å². The van der Waals surface area contributed by atoms with Crippen molar-refractivity contribution in [1.82, 2.24) is 5.32 Å². The number of hydrogen-bond acceptors (Lipinski definition) is 4. The fraction of sp³-hybridized carbons (Fsp3) is 0.556. The van der Waals surface area contributed by atoms with E-state index in [4.69, 9.17) is 4.74 Å². The van der Waals surface area contributed by atoms with Crippen LogP contribution in [0.25, 0.3) is 0 Å². The van der Waals surface area contributed by atoms with Crippen molar-refractivity contribution >= 4 is 12.1 Å². The summed E-state index contributed by atoms with van der Waals surface area (Å²) in [7, 11) is 0. The third-order valence-electron chi connectivity index (χ3n) is 1.77. The number of amides is 1. The molecular weight excluding hydrogens is 186 g/mol. The topological polar surface area (TPSA) is 64.6 Å². The van der Waals surface area contributed by atoms with Gasteiger partial charge in [-0.25, -0.2) is 4.79 Å². The fourth-order valence-corrected chi connectivity index (χ4v) is 1.10. The Bertz CT molecular complexity index is 293. The van der Waals surface area contributed by atoms with Gasteiger partial charge in [0, 0.05) is 6.08 Å². The van der Waals surface area contributed by atoms with Crippen molar-refractivity contribution in [3.05, 3.63) is 11.8 Å². The minimum atomic E-state index is -0.789. The first-order valence-corrected chi connectivity index (χ1v) is 4.34. The summed E-state index contributed by atoms with van der Waals surface area (Å²) in [6, 6.07) is 0. The van der Waals surface area contributed by atoms with Crippen LogP contribution in [0.5, 0.6) is 0 Å². The molecule has 1 amide bonds. The predicted octanol–water partition coefficient (Wildman–Crippen LogP) is 0.952. The Hall–Kier alpha value is -1.52. The maximum Gasteiger partial charge on any atom is 0.513 e. The monoisotopic (exact) mass is 199 g/mol. The van der Waals surface area contributed by atoms with E-state index in [1.165, 1.54) is 6.08 Å². The zero-order chi connectivity index (χ0) is 10.8. The molecule has 0 radical (unpaired) electrons. The molecule has 5 nitrogen and oxygen atoms in total. The van der Waals surface area contributed by atoms with Crippen LogP contribution in [0.15, 0.2) is 11.8 Å². The molecule has 78 valence electrons. The number of carbonyl (C=O) groups is 2. The van der Waals surface area contributed by atoms with Gasteiger partial charge in [-0.05, 0) is 20.8 Å². The first-order chi connectivity index (χ1) is 6.45. The van der Waals surface area contributed by atoms with Crippen LogP contribution in [0.1, 0.15) is 20.8 Å². The first-order valence-electron chi connectivity index (χ1n) is 4.34. The van der Waals surface area contributed by atoms with E-state index in [0.29, 0.717) is 0 Å². The standard InChI is InChI=1S/C9H13NO4/c1-4-13-8(12)14-6-5-7(11)10-9(6,2)3/h5H,4H2,1-3H3,(H,10,11). The van der Waals surface area contributed by atoms with Crippen LogP contribution in [0.2, 0.25) is 0 Å². The largest absolute Gasteiger partial charge is 0.513 e. The second-order valence-electron chi connectivity index (χ2n) is 3.41. The molecule has 1 heterocycles. The van der Waals surface area contributed by atoms with Gasteiger partial charge in [0.25, 0.3) is 0 Å². The van der Waals surface area contributed by atoms with Gasteiger partial charge in [-0.1, -0.05) is 0 Å². The van der Waals surface area contributed by atoms with Gasteiger partial charge in [0.15, 0.2) is 0 Å². The van der Waals surface area contributed by atoms with E-state index in [0.717, 1.165) is 0 Å². The Labute approximate surface area is 82.1 Å². The van der Waals surface area contributed by atoms with E-state index in [9.17, 15) is 9.59 Å². The fourth-order valence-electron chi connectivity index (χ4n) is 1.10.